The molecule has 1 N–H and O–H groups in total. The van der Waals surface area contributed by atoms with Gasteiger partial charge in [-0.05, 0) is 24.5 Å². The number of rotatable bonds is 5. The maximum Gasteiger partial charge on any atom is 0.162 e. The summed E-state index contributed by atoms with van der Waals surface area (Å²) in [5.74, 6) is 1.40. The molecule has 3 nitrogen and oxygen atoms in total. The molecule has 1 saturated carbocycles. The van der Waals surface area contributed by atoms with Crippen LogP contribution in [0.1, 0.15) is 31.2 Å². The zero-order chi connectivity index (χ0) is 13.0. The summed E-state index contributed by atoms with van der Waals surface area (Å²) in [6.07, 6.45) is 5.20. The minimum absolute atomic E-state index is 0.633. The Morgan fingerprint density at radius 2 is 1.78 bits per heavy atom. The Kier molecular flexibility index (Phi) is 4.72. The number of benzene rings is 1. The zero-order valence-corrected chi connectivity index (χ0v) is 11.7. The van der Waals surface area contributed by atoms with E-state index in [-0.39, 0.29) is 0 Å². The molecule has 18 heavy (non-hydrogen) atoms. The van der Waals surface area contributed by atoms with Crippen molar-refractivity contribution in [1.82, 2.24) is 5.32 Å². The first kappa shape index (κ1) is 13.5. The average Bonchev–Trinajstić information content (AvgIpc) is 2.90. The Hall–Kier alpha value is -0.930. The predicted molar refractivity (Wildman–Crippen MR) is 73.7 cm³/mol. The highest BCUT2D eigenvalue weighted by Gasteiger charge is 2.15. The summed E-state index contributed by atoms with van der Waals surface area (Å²) < 4.78 is 10.5. The number of hydrogen-bond donors (Lipinski definition) is 1. The molecule has 4 heteroatoms. The Balaban J connectivity index is 2.06. The lowest BCUT2D eigenvalue weighted by Gasteiger charge is -2.15. The largest absolute Gasteiger partial charge is 0.493 e. The van der Waals surface area contributed by atoms with E-state index in [0.29, 0.717) is 11.8 Å². The van der Waals surface area contributed by atoms with Gasteiger partial charge in [0.1, 0.15) is 0 Å². The lowest BCUT2D eigenvalue weighted by molar-refractivity contribution is 0.354. The van der Waals surface area contributed by atoms with Crippen LogP contribution in [0.25, 0.3) is 0 Å². The molecular formula is C14H20ClNO2. The van der Waals surface area contributed by atoms with Gasteiger partial charge < -0.3 is 14.8 Å². The first-order chi connectivity index (χ1) is 8.74. The highest BCUT2D eigenvalue weighted by Crippen LogP contribution is 2.33. The van der Waals surface area contributed by atoms with Crippen molar-refractivity contribution in [3.8, 4) is 11.5 Å². The van der Waals surface area contributed by atoms with E-state index < -0.39 is 0 Å². The number of nitrogens with one attached hydrogen (secondary N) is 1. The molecule has 1 aromatic carbocycles. The molecule has 0 spiro atoms. The van der Waals surface area contributed by atoms with Crippen molar-refractivity contribution >= 4 is 11.6 Å². The topological polar surface area (TPSA) is 30.5 Å². The van der Waals surface area contributed by atoms with Gasteiger partial charge in [-0.1, -0.05) is 24.4 Å². The molecular weight excluding hydrogens is 250 g/mol. The van der Waals surface area contributed by atoms with Gasteiger partial charge in [0.25, 0.3) is 0 Å². The van der Waals surface area contributed by atoms with Crippen molar-refractivity contribution in [3.05, 3.63) is 22.7 Å². The van der Waals surface area contributed by atoms with Crippen molar-refractivity contribution in [1.29, 1.82) is 0 Å². The number of halogens is 1. The zero-order valence-electron chi connectivity index (χ0n) is 11.0. The van der Waals surface area contributed by atoms with Gasteiger partial charge in [-0.25, -0.2) is 0 Å². The molecule has 1 aliphatic rings. The molecule has 0 heterocycles. The third-order valence-electron chi connectivity index (χ3n) is 3.49. The summed E-state index contributed by atoms with van der Waals surface area (Å²) in [7, 11) is 3.25. The third kappa shape index (κ3) is 3.09. The molecule has 1 fully saturated rings. The van der Waals surface area contributed by atoms with E-state index in [0.717, 1.165) is 22.9 Å². The number of ether oxygens (including phenoxy) is 2. The molecule has 0 bridgehead atoms. The molecule has 0 unspecified atom stereocenters. The summed E-state index contributed by atoms with van der Waals surface area (Å²) in [5, 5.41) is 4.27. The van der Waals surface area contributed by atoms with E-state index >= 15 is 0 Å². The van der Waals surface area contributed by atoms with Crippen LogP contribution in [0.5, 0.6) is 11.5 Å². The summed E-state index contributed by atoms with van der Waals surface area (Å²) in [4.78, 5) is 0. The van der Waals surface area contributed by atoms with Crippen LogP contribution in [0, 0.1) is 0 Å². The second kappa shape index (κ2) is 6.30. The lowest BCUT2D eigenvalue weighted by Crippen LogP contribution is -2.25. The number of methoxy groups -OCH3 is 2. The Morgan fingerprint density at radius 1 is 1.17 bits per heavy atom. The maximum absolute atomic E-state index is 6.25. The van der Waals surface area contributed by atoms with Crippen molar-refractivity contribution in [2.75, 3.05) is 14.2 Å². The van der Waals surface area contributed by atoms with Crippen LogP contribution in [-0.4, -0.2) is 20.3 Å². The van der Waals surface area contributed by atoms with Gasteiger partial charge in [0, 0.05) is 23.7 Å². The van der Waals surface area contributed by atoms with Crippen LogP contribution in [0.4, 0.5) is 0 Å². The predicted octanol–water partition coefficient (Wildman–Crippen LogP) is 3.39. The average molecular weight is 270 g/mol. The summed E-state index contributed by atoms with van der Waals surface area (Å²) in [6.45, 7) is 0.782. The first-order valence-corrected chi connectivity index (χ1v) is 6.76. The molecule has 0 saturated heterocycles. The summed E-state index contributed by atoms with van der Waals surface area (Å²) >= 11 is 6.25. The van der Waals surface area contributed by atoms with Gasteiger partial charge >= 0.3 is 0 Å². The highest BCUT2D eigenvalue weighted by atomic mass is 35.5. The second-order valence-corrected chi connectivity index (χ2v) is 5.07. The van der Waals surface area contributed by atoms with Crippen LogP contribution in [-0.2, 0) is 6.54 Å². The van der Waals surface area contributed by atoms with Crippen LogP contribution in [0.3, 0.4) is 0 Å². The van der Waals surface area contributed by atoms with E-state index in [1.165, 1.54) is 25.7 Å². The molecule has 0 radical (unpaired) electrons. The molecule has 0 aliphatic heterocycles. The number of hydrogen-bond acceptors (Lipinski definition) is 3. The van der Waals surface area contributed by atoms with Crippen molar-refractivity contribution in [3.63, 3.8) is 0 Å². The smallest absolute Gasteiger partial charge is 0.162 e. The Labute approximate surface area is 113 Å². The second-order valence-electron chi connectivity index (χ2n) is 4.66. The van der Waals surface area contributed by atoms with Crippen molar-refractivity contribution in [2.45, 2.75) is 38.3 Å². The van der Waals surface area contributed by atoms with Gasteiger partial charge in [0.15, 0.2) is 11.5 Å². The molecule has 100 valence electrons. The molecule has 1 aromatic rings. The van der Waals surface area contributed by atoms with Crippen LogP contribution in [0.15, 0.2) is 12.1 Å². The standard InChI is InChI=1S/C14H20ClNO2/c1-17-13-7-10(12(15)8-14(13)18-2)9-16-11-5-3-4-6-11/h7-8,11,16H,3-6,9H2,1-2H3. The highest BCUT2D eigenvalue weighted by molar-refractivity contribution is 6.31. The van der Waals surface area contributed by atoms with E-state index in [1.807, 2.05) is 12.1 Å². The Bertz CT molecular complexity index is 403. The SMILES string of the molecule is COc1cc(Cl)c(CNC2CCCC2)cc1OC. The van der Waals surface area contributed by atoms with E-state index in [4.69, 9.17) is 21.1 Å². The van der Waals surface area contributed by atoms with Crippen LogP contribution < -0.4 is 14.8 Å². The molecule has 0 aromatic heterocycles. The van der Waals surface area contributed by atoms with Crippen molar-refractivity contribution < 1.29 is 9.47 Å². The quantitative estimate of drug-likeness (QED) is 0.889. The van der Waals surface area contributed by atoms with Crippen LogP contribution >= 0.6 is 11.6 Å². The van der Waals surface area contributed by atoms with Gasteiger partial charge in [-0.2, -0.15) is 0 Å². The molecule has 0 amide bonds. The van der Waals surface area contributed by atoms with Gasteiger partial charge in [0.05, 0.1) is 14.2 Å². The van der Waals surface area contributed by atoms with E-state index in [1.54, 1.807) is 14.2 Å². The van der Waals surface area contributed by atoms with Crippen LogP contribution in [0.2, 0.25) is 5.02 Å². The molecule has 1 aliphatic carbocycles. The molecule has 0 atom stereocenters. The summed E-state index contributed by atoms with van der Waals surface area (Å²) in [5.41, 5.74) is 1.06. The lowest BCUT2D eigenvalue weighted by atomic mass is 10.1. The van der Waals surface area contributed by atoms with Gasteiger partial charge in [0.2, 0.25) is 0 Å². The van der Waals surface area contributed by atoms with E-state index in [9.17, 15) is 0 Å². The fourth-order valence-corrected chi connectivity index (χ4v) is 2.64. The Morgan fingerprint density at radius 3 is 2.39 bits per heavy atom. The fourth-order valence-electron chi connectivity index (χ4n) is 2.42. The summed E-state index contributed by atoms with van der Waals surface area (Å²) in [6, 6.07) is 4.39. The first-order valence-electron chi connectivity index (χ1n) is 6.38. The van der Waals surface area contributed by atoms with Crippen molar-refractivity contribution in [2.24, 2.45) is 0 Å². The maximum atomic E-state index is 6.25. The molecule has 2 rings (SSSR count). The monoisotopic (exact) mass is 269 g/mol. The van der Waals surface area contributed by atoms with Gasteiger partial charge in [-0.15, -0.1) is 0 Å². The minimum atomic E-state index is 0.633. The van der Waals surface area contributed by atoms with E-state index in [2.05, 4.69) is 5.32 Å². The van der Waals surface area contributed by atoms with Gasteiger partial charge in [-0.3, -0.25) is 0 Å². The normalized spacial score (nSPS) is 15.9. The third-order valence-corrected chi connectivity index (χ3v) is 3.84. The minimum Gasteiger partial charge on any atom is -0.493 e. The fraction of sp³-hybridized carbons (Fsp3) is 0.571.